The van der Waals surface area contributed by atoms with E-state index in [1.165, 1.54) is 12.1 Å². The summed E-state index contributed by atoms with van der Waals surface area (Å²) in [6.07, 6.45) is 3.14. The predicted molar refractivity (Wildman–Crippen MR) is 60.3 cm³/mol. The molecule has 0 amide bonds. The van der Waals surface area contributed by atoms with Gasteiger partial charge in [-0.05, 0) is 12.1 Å². The van der Waals surface area contributed by atoms with Gasteiger partial charge < -0.3 is 5.73 Å². The third-order valence-corrected chi connectivity index (χ3v) is 2.42. The molecule has 0 spiro atoms. The van der Waals surface area contributed by atoms with Crippen LogP contribution in [0.3, 0.4) is 0 Å². The molecule has 0 aliphatic rings. The first-order chi connectivity index (χ1) is 7.70. The second kappa shape index (κ2) is 4.55. The summed E-state index contributed by atoms with van der Waals surface area (Å²) in [7, 11) is 0. The van der Waals surface area contributed by atoms with Crippen molar-refractivity contribution >= 4 is 11.6 Å². The van der Waals surface area contributed by atoms with Gasteiger partial charge in [-0.1, -0.05) is 17.7 Å². The lowest BCUT2D eigenvalue weighted by atomic mass is 10.1. The van der Waals surface area contributed by atoms with E-state index in [4.69, 9.17) is 17.3 Å². The molecule has 1 aromatic heterocycles. The highest BCUT2D eigenvalue weighted by Crippen LogP contribution is 2.22. The molecule has 16 heavy (non-hydrogen) atoms. The molecule has 0 fully saturated rings. The minimum atomic E-state index is -0.473. The first-order valence-electron chi connectivity index (χ1n) is 4.67. The molecule has 0 bridgehead atoms. The molecule has 0 saturated heterocycles. The Morgan fingerprint density at radius 2 is 2.12 bits per heavy atom. The van der Waals surface area contributed by atoms with Gasteiger partial charge in [-0.25, -0.2) is 9.37 Å². The van der Waals surface area contributed by atoms with E-state index in [-0.39, 0.29) is 5.02 Å². The molecule has 3 nitrogen and oxygen atoms in total. The Balaban J connectivity index is 2.46. The van der Waals surface area contributed by atoms with Gasteiger partial charge in [0.1, 0.15) is 5.82 Å². The van der Waals surface area contributed by atoms with Crippen LogP contribution in [0.25, 0.3) is 11.3 Å². The Bertz CT molecular complexity index is 516. The van der Waals surface area contributed by atoms with Crippen LogP contribution in [0, 0.1) is 5.82 Å². The fourth-order valence-corrected chi connectivity index (χ4v) is 1.42. The minimum absolute atomic E-state index is 0.0895. The predicted octanol–water partition coefficient (Wildman–Crippen LogP) is 2.39. The highest BCUT2D eigenvalue weighted by atomic mass is 35.5. The molecule has 2 rings (SSSR count). The highest BCUT2D eigenvalue weighted by Gasteiger charge is 2.05. The smallest absolute Gasteiger partial charge is 0.142 e. The molecule has 2 aromatic rings. The van der Waals surface area contributed by atoms with Crippen molar-refractivity contribution in [3.63, 3.8) is 0 Å². The van der Waals surface area contributed by atoms with Gasteiger partial charge in [-0.3, -0.25) is 4.98 Å². The van der Waals surface area contributed by atoms with Gasteiger partial charge >= 0.3 is 0 Å². The SMILES string of the molecule is NCc1cncc(-c2ccc(Cl)c(F)c2)n1. The average molecular weight is 238 g/mol. The fourth-order valence-electron chi connectivity index (χ4n) is 1.30. The van der Waals surface area contributed by atoms with Crippen molar-refractivity contribution in [1.82, 2.24) is 9.97 Å². The van der Waals surface area contributed by atoms with Crippen LogP contribution in [0.5, 0.6) is 0 Å². The first-order valence-corrected chi connectivity index (χ1v) is 5.05. The van der Waals surface area contributed by atoms with Crippen molar-refractivity contribution in [3.05, 3.63) is 47.1 Å². The highest BCUT2D eigenvalue weighted by molar-refractivity contribution is 6.30. The van der Waals surface area contributed by atoms with Gasteiger partial charge in [0, 0.05) is 18.3 Å². The van der Waals surface area contributed by atoms with Crippen LogP contribution in [0.4, 0.5) is 4.39 Å². The van der Waals surface area contributed by atoms with Crippen molar-refractivity contribution in [2.45, 2.75) is 6.54 Å². The van der Waals surface area contributed by atoms with E-state index in [9.17, 15) is 4.39 Å². The largest absolute Gasteiger partial charge is 0.325 e. The normalized spacial score (nSPS) is 10.4. The molecule has 0 aliphatic heterocycles. The monoisotopic (exact) mass is 237 g/mol. The van der Waals surface area contributed by atoms with Gasteiger partial charge in [-0.2, -0.15) is 0 Å². The van der Waals surface area contributed by atoms with Crippen LogP contribution in [-0.4, -0.2) is 9.97 Å². The number of nitrogens with zero attached hydrogens (tertiary/aromatic N) is 2. The second-order valence-corrected chi connectivity index (χ2v) is 3.64. The van der Waals surface area contributed by atoms with E-state index in [0.717, 1.165) is 0 Å². The van der Waals surface area contributed by atoms with Gasteiger partial charge in [0.15, 0.2) is 0 Å². The lowest BCUT2D eigenvalue weighted by molar-refractivity contribution is 0.628. The topological polar surface area (TPSA) is 51.8 Å². The van der Waals surface area contributed by atoms with Gasteiger partial charge in [-0.15, -0.1) is 0 Å². The summed E-state index contributed by atoms with van der Waals surface area (Å²) >= 11 is 5.60. The van der Waals surface area contributed by atoms with E-state index >= 15 is 0 Å². The Morgan fingerprint density at radius 3 is 2.81 bits per heavy atom. The molecule has 0 aliphatic carbocycles. The second-order valence-electron chi connectivity index (χ2n) is 3.23. The molecule has 0 atom stereocenters. The zero-order valence-electron chi connectivity index (χ0n) is 8.32. The Morgan fingerprint density at radius 1 is 1.31 bits per heavy atom. The molecule has 0 radical (unpaired) electrons. The van der Waals surface area contributed by atoms with Crippen LogP contribution in [0.2, 0.25) is 5.02 Å². The van der Waals surface area contributed by atoms with E-state index in [1.807, 2.05) is 0 Å². The number of hydrogen-bond acceptors (Lipinski definition) is 3. The van der Waals surface area contributed by atoms with Crippen LogP contribution in [-0.2, 0) is 6.54 Å². The van der Waals surface area contributed by atoms with Crippen molar-refractivity contribution < 1.29 is 4.39 Å². The summed E-state index contributed by atoms with van der Waals surface area (Å²) < 4.78 is 13.2. The minimum Gasteiger partial charge on any atom is -0.325 e. The summed E-state index contributed by atoms with van der Waals surface area (Å²) in [4.78, 5) is 8.22. The quantitative estimate of drug-likeness (QED) is 0.873. The molecule has 2 N–H and O–H groups in total. The zero-order chi connectivity index (χ0) is 11.5. The molecule has 0 saturated carbocycles. The lowest BCUT2D eigenvalue weighted by Crippen LogP contribution is -2.01. The summed E-state index contributed by atoms with van der Waals surface area (Å²) in [5, 5.41) is 0.0895. The van der Waals surface area contributed by atoms with E-state index < -0.39 is 5.82 Å². The number of hydrogen-bond donors (Lipinski definition) is 1. The summed E-state index contributed by atoms with van der Waals surface area (Å²) in [6, 6.07) is 4.51. The number of halogens is 2. The molecule has 0 unspecified atom stereocenters. The maximum Gasteiger partial charge on any atom is 0.142 e. The number of rotatable bonds is 2. The van der Waals surface area contributed by atoms with E-state index in [2.05, 4.69) is 9.97 Å². The standard InChI is InChI=1S/C11H9ClFN3/c12-9-2-1-7(3-10(9)13)11-6-15-5-8(4-14)16-11/h1-3,5-6H,4,14H2. The number of nitrogens with two attached hydrogens (primary N) is 1. The first kappa shape index (κ1) is 11.0. The zero-order valence-corrected chi connectivity index (χ0v) is 9.08. The van der Waals surface area contributed by atoms with E-state index in [0.29, 0.717) is 23.5 Å². The Labute approximate surface area is 97.1 Å². The number of aromatic nitrogens is 2. The maximum absolute atomic E-state index is 13.2. The molecular formula is C11H9ClFN3. The third-order valence-electron chi connectivity index (χ3n) is 2.11. The van der Waals surface area contributed by atoms with Crippen molar-refractivity contribution in [1.29, 1.82) is 0 Å². The Kier molecular flexibility index (Phi) is 3.12. The average Bonchev–Trinajstić information content (AvgIpc) is 2.33. The number of benzene rings is 1. The van der Waals surface area contributed by atoms with Crippen molar-refractivity contribution in [2.75, 3.05) is 0 Å². The van der Waals surface area contributed by atoms with Gasteiger partial charge in [0.05, 0.1) is 22.6 Å². The lowest BCUT2D eigenvalue weighted by Gasteiger charge is -2.03. The molecule has 82 valence electrons. The summed E-state index contributed by atoms with van der Waals surface area (Å²) in [6.45, 7) is 0.302. The maximum atomic E-state index is 13.2. The summed E-state index contributed by atoms with van der Waals surface area (Å²) in [5.41, 5.74) is 7.32. The van der Waals surface area contributed by atoms with Crippen LogP contribution >= 0.6 is 11.6 Å². The Hall–Kier alpha value is -1.52. The van der Waals surface area contributed by atoms with Crippen molar-refractivity contribution in [3.8, 4) is 11.3 Å². The third kappa shape index (κ3) is 2.18. The molecular weight excluding hydrogens is 229 g/mol. The van der Waals surface area contributed by atoms with Crippen molar-refractivity contribution in [2.24, 2.45) is 5.73 Å². The van der Waals surface area contributed by atoms with Gasteiger partial charge in [0.25, 0.3) is 0 Å². The van der Waals surface area contributed by atoms with Gasteiger partial charge in [0.2, 0.25) is 0 Å². The molecule has 1 aromatic carbocycles. The van der Waals surface area contributed by atoms with Crippen LogP contribution < -0.4 is 5.73 Å². The van der Waals surface area contributed by atoms with Crippen LogP contribution in [0.15, 0.2) is 30.6 Å². The molecule has 5 heteroatoms. The fraction of sp³-hybridized carbons (Fsp3) is 0.0909. The van der Waals surface area contributed by atoms with E-state index in [1.54, 1.807) is 18.5 Å². The van der Waals surface area contributed by atoms with Crippen LogP contribution in [0.1, 0.15) is 5.69 Å². The molecule has 1 heterocycles. The summed E-state index contributed by atoms with van der Waals surface area (Å²) in [5.74, 6) is -0.473.